The van der Waals surface area contributed by atoms with Gasteiger partial charge in [0.2, 0.25) is 11.9 Å². The van der Waals surface area contributed by atoms with Crippen LogP contribution in [0.25, 0.3) is 0 Å². The highest BCUT2D eigenvalue weighted by atomic mass is 19.1. The number of aromatic nitrogens is 2. The molecule has 1 aromatic carbocycles. The maximum Gasteiger partial charge on any atom is 0.249 e. The molecule has 2 fully saturated rings. The number of rotatable bonds is 4. The van der Waals surface area contributed by atoms with Crippen LogP contribution in [0.5, 0.6) is 0 Å². The van der Waals surface area contributed by atoms with Gasteiger partial charge in [0.05, 0.1) is 6.04 Å². The number of anilines is 2. The lowest BCUT2D eigenvalue weighted by Crippen LogP contribution is -2.37. The molecule has 2 aliphatic rings. The Kier molecular flexibility index (Phi) is 4.89. The monoisotopic (exact) mass is 385 g/mol. The number of benzene rings is 1. The number of hydrogen-bond donors (Lipinski definition) is 1. The van der Waals surface area contributed by atoms with Crippen LogP contribution in [0, 0.1) is 24.6 Å². The highest BCUT2D eigenvalue weighted by Gasteiger charge is 2.49. The van der Waals surface area contributed by atoms with Gasteiger partial charge < -0.3 is 20.3 Å². The fraction of sp³-hybridized carbons (Fsp3) is 0.450. The Hall–Kier alpha value is -2.74. The van der Waals surface area contributed by atoms with Gasteiger partial charge >= 0.3 is 0 Å². The third-order valence-electron chi connectivity index (χ3n) is 5.62. The van der Waals surface area contributed by atoms with Crippen molar-refractivity contribution in [2.24, 2.45) is 11.8 Å². The Morgan fingerprint density at radius 3 is 2.82 bits per heavy atom. The van der Waals surface area contributed by atoms with Crippen LogP contribution >= 0.6 is 0 Å². The largest absolute Gasteiger partial charge is 0.375 e. The first-order valence-corrected chi connectivity index (χ1v) is 9.36. The molecule has 0 unspecified atom stereocenters. The second-order valence-electron chi connectivity index (χ2n) is 7.53. The zero-order valence-electron chi connectivity index (χ0n) is 16.0. The van der Waals surface area contributed by atoms with Crippen molar-refractivity contribution in [1.82, 2.24) is 14.9 Å². The summed E-state index contributed by atoms with van der Waals surface area (Å²) in [7, 11) is 1.51. The van der Waals surface area contributed by atoms with Crippen molar-refractivity contribution in [3.63, 3.8) is 0 Å². The van der Waals surface area contributed by atoms with Gasteiger partial charge in [-0.25, -0.2) is 9.37 Å². The van der Waals surface area contributed by atoms with Crippen molar-refractivity contribution in [3.05, 3.63) is 47.4 Å². The molecule has 2 aromatic rings. The number of nitrogens with zero attached hydrogens (tertiary/aromatic N) is 4. The number of carbonyl (C=O) groups is 1. The second-order valence-corrected chi connectivity index (χ2v) is 7.53. The van der Waals surface area contributed by atoms with E-state index >= 15 is 0 Å². The predicted octanol–water partition coefficient (Wildman–Crippen LogP) is 1.79. The Morgan fingerprint density at radius 1 is 1.29 bits per heavy atom. The van der Waals surface area contributed by atoms with Crippen LogP contribution in [0.2, 0.25) is 0 Å². The number of nitrogens with two attached hydrogens (primary N) is 1. The van der Waals surface area contributed by atoms with Gasteiger partial charge in [-0.05, 0) is 24.6 Å². The fourth-order valence-corrected chi connectivity index (χ4v) is 4.55. The second kappa shape index (κ2) is 7.35. The quantitative estimate of drug-likeness (QED) is 0.864. The third-order valence-corrected chi connectivity index (χ3v) is 5.62. The molecule has 148 valence electrons. The maximum absolute atomic E-state index is 13.9. The van der Waals surface area contributed by atoms with Gasteiger partial charge in [0.1, 0.15) is 18.2 Å². The van der Waals surface area contributed by atoms with Crippen LogP contribution in [0.1, 0.15) is 17.3 Å². The smallest absolute Gasteiger partial charge is 0.249 e. The van der Waals surface area contributed by atoms with Gasteiger partial charge in [-0.3, -0.25) is 4.79 Å². The standard InChI is InChI=1S/C20H24FN5O2/c1-12-6-17(24-20(22)23-12)25-8-14-9-26(18(27)11-28-2)19(16(14)10-25)13-4-3-5-15(21)7-13/h3-7,14,16,19H,8-11H2,1-2H3,(H2,22,23,24)/t14-,16-,19+/m1/s1. The number of fused-ring (bicyclic) bond motifs is 1. The van der Waals surface area contributed by atoms with Crippen LogP contribution in [0.15, 0.2) is 30.3 Å². The minimum absolute atomic E-state index is 0.0244. The van der Waals surface area contributed by atoms with Gasteiger partial charge in [-0.2, -0.15) is 4.98 Å². The predicted molar refractivity (Wildman–Crippen MR) is 103 cm³/mol. The number of halogens is 1. The van der Waals surface area contributed by atoms with Gasteiger partial charge in [-0.1, -0.05) is 12.1 Å². The van der Waals surface area contributed by atoms with Gasteiger partial charge in [0.15, 0.2) is 0 Å². The van der Waals surface area contributed by atoms with E-state index in [-0.39, 0.29) is 42.2 Å². The molecule has 7 nitrogen and oxygen atoms in total. The molecule has 0 saturated carbocycles. The van der Waals surface area contributed by atoms with Crippen molar-refractivity contribution in [2.75, 3.05) is 44.0 Å². The highest BCUT2D eigenvalue weighted by Crippen LogP contribution is 2.45. The zero-order valence-corrected chi connectivity index (χ0v) is 16.0. The topological polar surface area (TPSA) is 84.6 Å². The molecular weight excluding hydrogens is 361 g/mol. The van der Waals surface area contributed by atoms with Crippen LogP contribution in [-0.4, -0.2) is 54.1 Å². The summed E-state index contributed by atoms with van der Waals surface area (Å²) >= 11 is 0. The summed E-state index contributed by atoms with van der Waals surface area (Å²) in [6.07, 6.45) is 0. The number of nitrogen functional groups attached to an aromatic ring is 1. The van der Waals surface area contributed by atoms with Gasteiger partial charge in [-0.15, -0.1) is 0 Å². The molecule has 2 saturated heterocycles. The minimum Gasteiger partial charge on any atom is -0.375 e. The molecule has 3 heterocycles. The Labute approximate surface area is 163 Å². The molecule has 0 radical (unpaired) electrons. The number of carbonyl (C=O) groups excluding carboxylic acids is 1. The SMILES string of the molecule is COCC(=O)N1C[C@H]2CN(c3cc(C)nc(N)n3)C[C@H]2[C@@H]1c1cccc(F)c1. The van der Waals surface area contributed by atoms with Crippen molar-refractivity contribution >= 4 is 17.7 Å². The first kappa shape index (κ1) is 18.6. The minimum atomic E-state index is -0.297. The normalized spacial score (nSPS) is 23.9. The van der Waals surface area contributed by atoms with E-state index in [1.807, 2.05) is 24.0 Å². The van der Waals surface area contributed by atoms with E-state index in [1.54, 1.807) is 6.07 Å². The molecule has 2 aliphatic heterocycles. The molecule has 1 amide bonds. The van der Waals surface area contributed by atoms with Crippen molar-refractivity contribution in [3.8, 4) is 0 Å². The molecule has 0 spiro atoms. The molecule has 28 heavy (non-hydrogen) atoms. The summed E-state index contributed by atoms with van der Waals surface area (Å²) < 4.78 is 19.0. The van der Waals surface area contributed by atoms with Crippen LogP contribution in [-0.2, 0) is 9.53 Å². The van der Waals surface area contributed by atoms with Crippen molar-refractivity contribution in [1.29, 1.82) is 0 Å². The molecule has 2 N–H and O–H groups in total. The van der Waals surface area contributed by atoms with E-state index in [1.165, 1.54) is 19.2 Å². The number of aryl methyl sites for hydroxylation is 1. The average molecular weight is 385 g/mol. The molecule has 3 atom stereocenters. The maximum atomic E-state index is 13.9. The van der Waals surface area contributed by atoms with E-state index in [0.717, 1.165) is 30.2 Å². The summed E-state index contributed by atoms with van der Waals surface area (Å²) in [5, 5.41) is 0. The van der Waals surface area contributed by atoms with E-state index in [4.69, 9.17) is 10.5 Å². The first-order chi connectivity index (χ1) is 13.5. The zero-order chi connectivity index (χ0) is 19.8. The van der Waals surface area contributed by atoms with Gasteiger partial charge in [0, 0.05) is 50.3 Å². The average Bonchev–Trinajstić information content (AvgIpc) is 3.19. The lowest BCUT2D eigenvalue weighted by atomic mass is 9.89. The van der Waals surface area contributed by atoms with Crippen molar-refractivity contribution < 1.29 is 13.9 Å². The van der Waals surface area contributed by atoms with Crippen LogP contribution < -0.4 is 10.6 Å². The van der Waals surface area contributed by atoms with E-state index < -0.39 is 0 Å². The third kappa shape index (κ3) is 3.40. The summed E-state index contributed by atoms with van der Waals surface area (Å²) in [6.45, 7) is 4.02. The number of methoxy groups -OCH3 is 1. The number of likely N-dealkylation sites (tertiary alicyclic amines) is 1. The molecular formula is C20H24FN5O2. The summed E-state index contributed by atoms with van der Waals surface area (Å²) in [6, 6.07) is 8.26. The molecule has 8 heteroatoms. The van der Waals surface area contributed by atoms with E-state index in [9.17, 15) is 9.18 Å². The van der Waals surface area contributed by atoms with Crippen LogP contribution in [0.3, 0.4) is 0 Å². The Bertz CT molecular complexity index is 872. The summed E-state index contributed by atoms with van der Waals surface area (Å²) in [4.78, 5) is 25.2. The van der Waals surface area contributed by atoms with Crippen LogP contribution in [0.4, 0.5) is 16.2 Å². The van der Waals surface area contributed by atoms with Gasteiger partial charge in [0.25, 0.3) is 0 Å². The lowest BCUT2D eigenvalue weighted by Gasteiger charge is -2.30. The lowest BCUT2D eigenvalue weighted by molar-refractivity contribution is -0.136. The van der Waals surface area contributed by atoms with E-state index in [2.05, 4.69) is 14.9 Å². The molecule has 0 aliphatic carbocycles. The number of amides is 1. The fourth-order valence-electron chi connectivity index (χ4n) is 4.55. The first-order valence-electron chi connectivity index (χ1n) is 9.36. The summed E-state index contributed by atoms with van der Waals surface area (Å²) in [5.41, 5.74) is 7.45. The molecule has 1 aromatic heterocycles. The Balaban J connectivity index is 1.64. The highest BCUT2D eigenvalue weighted by molar-refractivity contribution is 5.78. The van der Waals surface area contributed by atoms with Crippen molar-refractivity contribution in [2.45, 2.75) is 13.0 Å². The molecule has 4 rings (SSSR count). The summed E-state index contributed by atoms with van der Waals surface area (Å²) in [5.74, 6) is 1.14. The molecule has 0 bridgehead atoms. The Morgan fingerprint density at radius 2 is 2.11 bits per heavy atom. The van der Waals surface area contributed by atoms with E-state index in [0.29, 0.717) is 6.54 Å². The number of ether oxygens (including phenoxy) is 1. The number of hydrogen-bond acceptors (Lipinski definition) is 6.